The number of sulfone groups is 1. The van der Waals surface area contributed by atoms with Crippen LogP contribution in [0.3, 0.4) is 0 Å². The molecule has 0 bridgehead atoms. The van der Waals surface area contributed by atoms with Gasteiger partial charge < -0.3 is 0 Å². The minimum Gasteiger partial charge on any atom is -0.218 e. The van der Waals surface area contributed by atoms with E-state index in [2.05, 4.69) is 13.8 Å². The fourth-order valence-corrected chi connectivity index (χ4v) is 4.01. The summed E-state index contributed by atoms with van der Waals surface area (Å²) in [4.78, 5) is -0.563. The molecule has 0 N–H and O–H groups in total. The molecule has 0 aliphatic carbocycles. The van der Waals surface area contributed by atoms with Gasteiger partial charge in [-0.25, -0.2) is 8.42 Å². The van der Waals surface area contributed by atoms with Gasteiger partial charge in [0, 0.05) is 5.02 Å². The van der Waals surface area contributed by atoms with Crippen LogP contribution in [0.15, 0.2) is 52.3 Å². The fraction of sp³-hybridized carbons (Fsp3) is 0.167. The standard InChI is InChI=1S/C18H15Cl2NO2S/c1-12(2)14-5-3-13(4-6-14)9-16(11-21)24(22,23)18-10-15(19)7-8-17(18)20/h3-10,12H,1-2H3/b16-9+. The Hall–Kier alpha value is -1.80. The van der Waals surface area contributed by atoms with Crippen molar-refractivity contribution in [3.05, 3.63) is 68.5 Å². The van der Waals surface area contributed by atoms with Gasteiger partial charge in [0.2, 0.25) is 9.84 Å². The van der Waals surface area contributed by atoms with Crippen molar-refractivity contribution >= 4 is 39.1 Å². The summed E-state index contributed by atoms with van der Waals surface area (Å²) >= 11 is 11.8. The van der Waals surface area contributed by atoms with Gasteiger partial charge in [-0.3, -0.25) is 0 Å². The number of benzene rings is 2. The highest BCUT2D eigenvalue weighted by Gasteiger charge is 2.24. The second-order valence-electron chi connectivity index (χ2n) is 5.52. The molecule has 0 fully saturated rings. The highest BCUT2D eigenvalue weighted by atomic mass is 35.5. The van der Waals surface area contributed by atoms with E-state index in [0.29, 0.717) is 11.5 Å². The number of halogens is 2. The Bertz CT molecular complexity index is 924. The van der Waals surface area contributed by atoms with Crippen molar-refractivity contribution in [2.75, 3.05) is 0 Å². The van der Waals surface area contributed by atoms with Crippen LogP contribution < -0.4 is 0 Å². The third-order valence-electron chi connectivity index (χ3n) is 3.48. The van der Waals surface area contributed by atoms with Crippen LogP contribution >= 0.6 is 23.2 Å². The molecule has 2 aromatic rings. The van der Waals surface area contributed by atoms with Gasteiger partial charge in [0.15, 0.2) is 0 Å². The second kappa shape index (κ2) is 7.40. The van der Waals surface area contributed by atoms with Crippen LogP contribution in [0.25, 0.3) is 6.08 Å². The molecule has 24 heavy (non-hydrogen) atoms. The average Bonchev–Trinajstić information content (AvgIpc) is 2.55. The van der Waals surface area contributed by atoms with Crippen molar-refractivity contribution in [1.29, 1.82) is 5.26 Å². The van der Waals surface area contributed by atoms with Crippen molar-refractivity contribution in [3.8, 4) is 6.07 Å². The molecule has 0 aliphatic heterocycles. The quantitative estimate of drug-likeness (QED) is 0.662. The van der Waals surface area contributed by atoms with E-state index in [0.717, 1.165) is 5.56 Å². The van der Waals surface area contributed by atoms with Gasteiger partial charge in [0.05, 0.1) is 9.92 Å². The Kier molecular flexibility index (Phi) is 5.71. The number of rotatable bonds is 4. The molecule has 2 rings (SSSR count). The molecule has 0 heterocycles. The molecule has 0 aromatic heterocycles. The zero-order chi connectivity index (χ0) is 17.9. The van der Waals surface area contributed by atoms with E-state index in [1.54, 1.807) is 18.2 Å². The molecule has 0 radical (unpaired) electrons. The molecule has 0 amide bonds. The summed E-state index contributed by atoms with van der Waals surface area (Å²) in [6.07, 6.45) is 1.33. The molecular weight excluding hydrogens is 365 g/mol. The molecule has 124 valence electrons. The van der Waals surface area contributed by atoms with Crippen LogP contribution in [0.5, 0.6) is 0 Å². The number of nitrogens with zero attached hydrogens (tertiary/aromatic N) is 1. The second-order valence-corrected chi connectivity index (χ2v) is 8.25. The van der Waals surface area contributed by atoms with Gasteiger partial charge in [0.1, 0.15) is 11.0 Å². The van der Waals surface area contributed by atoms with Gasteiger partial charge in [0.25, 0.3) is 0 Å². The summed E-state index contributed by atoms with van der Waals surface area (Å²) in [5.74, 6) is 0.368. The summed E-state index contributed by atoms with van der Waals surface area (Å²) in [6.45, 7) is 4.13. The molecule has 0 saturated heterocycles. The van der Waals surface area contributed by atoms with Crippen molar-refractivity contribution in [2.24, 2.45) is 0 Å². The predicted octanol–water partition coefficient (Wildman–Crippen LogP) is 5.46. The molecule has 2 aromatic carbocycles. The lowest BCUT2D eigenvalue weighted by Crippen LogP contribution is -2.04. The topological polar surface area (TPSA) is 57.9 Å². The van der Waals surface area contributed by atoms with Crippen LogP contribution in [-0.2, 0) is 9.84 Å². The highest BCUT2D eigenvalue weighted by molar-refractivity contribution is 7.95. The lowest BCUT2D eigenvalue weighted by molar-refractivity contribution is 0.603. The Morgan fingerprint density at radius 2 is 1.75 bits per heavy atom. The van der Waals surface area contributed by atoms with E-state index in [4.69, 9.17) is 23.2 Å². The number of hydrogen-bond donors (Lipinski definition) is 0. The zero-order valence-electron chi connectivity index (χ0n) is 13.1. The van der Waals surface area contributed by atoms with Gasteiger partial charge in [-0.15, -0.1) is 0 Å². The molecule has 0 spiro atoms. The van der Waals surface area contributed by atoms with Crippen LogP contribution in [0.4, 0.5) is 0 Å². The third kappa shape index (κ3) is 3.99. The first-order valence-corrected chi connectivity index (χ1v) is 9.41. The highest BCUT2D eigenvalue weighted by Crippen LogP contribution is 2.30. The normalized spacial score (nSPS) is 12.2. The number of allylic oxidation sites excluding steroid dienone is 1. The molecule has 0 aliphatic rings. The molecule has 3 nitrogen and oxygen atoms in total. The SMILES string of the molecule is CC(C)c1ccc(/C=C(\C#N)S(=O)(=O)c2cc(Cl)ccc2Cl)cc1. The zero-order valence-corrected chi connectivity index (χ0v) is 15.5. The van der Waals surface area contributed by atoms with E-state index in [1.807, 2.05) is 12.1 Å². The van der Waals surface area contributed by atoms with Crippen molar-refractivity contribution in [1.82, 2.24) is 0 Å². The van der Waals surface area contributed by atoms with Crippen LogP contribution in [-0.4, -0.2) is 8.42 Å². The Balaban J connectivity index is 2.50. The van der Waals surface area contributed by atoms with E-state index < -0.39 is 9.84 Å². The summed E-state index contributed by atoms with van der Waals surface area (Å²) < 4.78 is 25.4. The average molecular weight is 380 g/mol. The van der Waals surface area contributed by atoms with Crippen molar-refractivity contribution in [3.63, 3.8) is 0 Å². The van der Waals surface area contributed by atoms with E-state index in [-0.39, 0.29) is 19.8 Å². The fourth-order valence-electron chi connectivity index (χ4n) is 2.10. The molecular formula is C18H15Cl2NO2S. The largest absolute Gasteiger partial charge is 0.218 e. The van der Waals surface area contributed by atoms with Gasteiger partial charge in [-0.2, -0.15) is 5.26 Å². The van der Waals surface area contributed by atoms with Crippen LogP contribution in [0, 0.1) is 11.3 Å². The van der Waals surface area contributed by atoms with E-state index in [1.165, 1.54) is 24.3 Å². The smallest absolute Gasteiger partial charge is 0.218 e. The molecule has 0 saturated carbocycles. The third-order valence-corrected chi connectivity index (χ3v) is 5.87. The van der Waals surface area contributed by atoms with Crippen LogP contribution in [0.2, 0.25) is 10.0 Å². The minimum absolute atomic E-state index is 0.0238. The van der Waals surface area contributed by atoms with Crippen LogP contribution in [0.1, 0.15) is 30.9 Å². The summed E-state index contributed by atoms with van der Waals surface area (Å²) in [5.41, 5.74) is 1.75. The monoisotopic (exact) mass is 379 g/mol. The molecule has 0 atom stereocenters. The number of nitriles is 1. The first-order valence-electron chi connectivity index (χ1n) is 7.17. The van der Waals surface area contributed by atoms with E-state index >= 15 is 0 Å². The first-order chi connectivity index (χ1) is 11.3. The van der Waals surface area contributed by atoms with Crippen molar-refractivity contribution < 1.29 is 8.42 Å². The minimum atomic E-state index is -4.05. The summed E-state index contributed by atoms with van der Waals surface area (Å²) in [6, 6.07) is 13.2. The maximum absolute atomic E-state index is 12.7. The lowest BCUT2D eigenvalue weighted by atomic mass is 10.0. The Morgan fingerprint density at radius 1 is 1.12 bits per heavy atom. The van der Waals surface area contributed by atoms with Crippen molar-refractivity contribution in [2.45, 2.75) is 24.7 Å². The Morgan fingerprint density at radius 3 is 2.29 bits per heavy atom. The number of hydrogen-bond acceptors (Lipinski definition) is 3. The van der Waals surface area contributed by atoms with Gasteiger partial charge in [-0.05, 0) is 41.3 Å². The van der Waals surface area contributed by atoms with Gasteiger partial charge >= 0.3 is 0 Å². The molecule has 0 unspecified atom stereocenters. The van der Waals surface area contributed by atoms with E-state index in [9.17, 15) is 13.7 Å². The van der Waals surface area contributed by atoms with Gasteiger partial charge in [-0.1, -0.05) is 61.3 Å². The molecule has 6 heteroatoms. The maximum atomic E-state index is 12.7. The summed E-state index contributed by atoms with van der Waals surface area (Å²) in [7, 11) is -4.05. The predicted molar refractivity (Wildman–Crippen MR) is 97.8 cm³/mol. The maximum Gasteiger partial charge on any atom is 0.218 e. The lowest BCUT2D eigenvalue weighted by Gasteiger charge is -2.07. The summed E-state index contributed by atoms with van der Waals surface area (Å²) in [5, 5.41) is 9.57. The Labute approximate surface area is 152 Å². The first kappa shape index (κ1) is 18.5.